The molecule has 1 aromatic rings. The first kappa shape index (κ1) is 20.4. The van der Waals surface area contributed by atoms with Gasteiger partial charge in [0, 0.05) is 18.5 Å². The summed E-state index contributed by atoms with van der Waals surface area (Å²) in [6.07, 6.45) is -9.94. The minimum Gasteiger partial charge on any atom is -0.455 e. The number of esters is 1. The van der Waals surface area contributed by atoms with E-state index in [1.807, 2.05) is 0 Å². The fraction of sp³-hybridized carbons (Fsp3) is 0.529. The van der Waals surface area contributed by atoms with Gasteiger partial charge in [0.15, 0.2) is 0 Å². The van der Waals surface area contributed by atoms with E-state index in [1.54, 1.807) is 0 Å². The number of hydrogen-bond donors (Lipinski definition) is 2. The van der Waals surface area contributed by atoms with E-state index in [0.717, 1.165) is 12.1 Å². The van der Waals surface area contributed by atoms with Gasteiger partial charge in [-0.15, -0.1) is 0 Å². The number of carbonyl (C=O) groups excluding carboxylic acids is 2. The first-order valence-corrected chi connectivity index (χ1v) is 8.36. The monoisotopic (exact) mass is 410 g/mol. The van der Waals surface area contributed by atoms with Crippen molar-refractivity contribution in [1.82, 2.24) is 10.6 Å². The van der Waals surface area contributed by atoms with E-state index < -0.39 is 47.4 Å². The van der Waals surface area contributed by atoms with Crippen molar-refractivity contribution in [3.8, 4) is 0 Å². The number of halogens is 6. The molecular formula is C17H16F6N2O3. The van der Waals surface area contributed by atoms with Gasteiger partial charge in [-0.05, 0) is 30.5 Å². The molecule has 11 heteroatoms. The molecule has 1 amide bonds. The summed E-state index contributed by atoms with van der Waals surface area (Å²) in [6.45, 7) is 0.246. The third-order valence-electron chi connectivity index (χ3n) is 4.97. The van der Waals surface area contributed by atoms with Crippen molar-refractivity contribution in [3.63, 3.8) is 0 Å². The molecule has 3 rings (SSSR count). The van der Waals surface area contributed by atoms with Gasteiger partial charge < -0.3 is 15.4 Å². The first-order chi connectivity index (χ1) is 12.9. The highest BCUT2D eigenvalue weighted by atomic mass is 19.4. The van der Waals surface area contributed by atoms with Gasteiger partial charge in [0.05, 0.1) is 11.6 Å². The van der Waals surface area contributed by atoms with E-state index in [1.165, 1.54) is 12.1 Å². The van der Waals surface area contributed by atoms with Gasteiger partial charge in [-0.1, -0.05) is 12.1 Å². The zero-order valence-corrected chi connectivity index (χ0v) is 14.3. The summed E-state index contributed by atoms with van der Waals surface area (Å²) in [7, 11) is 0. The number of hydrogen-bond acceptors (Lipinski definition) is 4. The molecular weight excluding hydrogens is 394 g/mol. The standard InChI is InChI=1S/C17H16F6N2O3/c18-16(19,20)10-3-1-9(2-4-10)7-24-13(26)11-5-15(8-25-11)6-12(15)28-14(27)17(21,22)23/h1-4,11-12,25H,5-8H2,(H,24,26)/t11-,12?,15?/m1/s1. The van der Waals surface area contributed by atoms with Crippen LogP contribution in [0.5, 0.6) is 0 Å². The Labute approximate surface area is 155 Å². The van der Waals surface area contributed by atoms with Crippen LogP contribution in [0.15, 0.2) is 24.3 Å². The molecule has 1 heterocycles. The second kappa shape index (κ2) is 6.94. The van der Waals surface area contributed by atoms with Crippen LogP contribution in [0, 0.1) is 5.41 Å². The molecule has 0 aromatic heterocycles. The van der Waals surface area contributed by atoms with Crippen LogP contribution in [0.1, 0.15) is 24.0 Å². The highest BCUT2D eigenvalue weighted by Gasteiger charge is 2.62. The molecule has 2 aliphatic rings. The van der Waals surface area contributed by atoms with Crippen LogP contribution in [0.25, 0.3) is 0 Å². The number of nitrogens with one attached hydrogen (secondary N) is 2. The van der Waals surface area contributed by atoms with E-state index in [2.05, 4.69) is 15.4 Å². The van der Waals surface area contributed by atoms with Crippen LogP contribution < -0.4 is 10.6 Å². The lowest BCUT2D eigenvalue weighted by Crippen LogP contribution is -2.40. The minimum absolute atomic E-state index is 0.00857. The van der Waals surface area contributed by atoms with Crippen molar-refractivity contribution >= 4 is 11.9 Å². The summed E-state index contributed by atoms with van der Waals surface area (Å²) >= 11 is 0. The smallest absolute Gasteiger partial charge is 0.455 e. The molecule has 1 aliphatic carbocycles. The summed E-state index contributed by atoms with van der Waals surface area (Å²) in [4.78, 5) is 23.1. The van der Waals surface area contributed by atoms with Crippen LogP contribution in [0.2, 0.25) is 0 Å². The van der Waals surface area contributed by atoms with E-state index in [4.69, 9.17) is 0 Å². The van der Waals surface area contributed by atoms with Gasteiger partial charge in [0.1, 0.15) is 6.10 Å². The highest BCUT2D eigenvalue weighted by Crippen LogP contribution is 2.54. The van der Waals surface area contributed by atoms with Gasteiger partial charge in [-0.2, -0.15) is 26.3 Å². The maximum Gasteiger partial charge on any atom is 0.490 e. The van der Waals surface area contributed by atoms with Crippen molar-refractivity contribution in [2.24, 2.45) is 5.41 Å². The van der Waals surface area contributed by atoms with Crippen molar-refractivity contribution in [1.29, 1.82) is 0 Å². The Morgan fingerprint density at radius 2 is 1.75 bits per heavy atom. The molecule has 5 nitrogen and oxygen atoms in total. The molecule has 1 spiro atoms. The molecule has 1 saturated heterocycles. The second-order valence-corrected chi connectivity index (χ2v) is 7.01. The summed E-state index contributed by atoms with van der Waals surface area (Å²) in [5, 5.41) is 5.46. The summed E-state index contributed by atoms with van der Waals surface area (Å²) in [6, 6.07) is 3.65. The van der Waals surface area contributed by atoms with Gasteiger partial charge in [-0.25, -0.2) is 4.79 Å². The van der Waals surface area contributed by atoms with E-state index in [0.29, 0.717) is 5.56 Å². The van der Waals surface area contributed by atoms with Gasteiger partial charge in [0.2, 0.25) is 5.91 Å². The van der Waals surface area contributed by atoms with E-state index in [9.17, 15) is 35.9 Å². The zero-order valence-electron chi connectivity index (χ0n) is 14.3. The molecule has 154 valence electrons. The molecule has 28 heavy (non-hydrogen) atoms. The molecule has 0 bridgehead atoms. The summed E-state index contributed by atoms with van der Waals surface area (Å²) in [5.74, 6) is -2.67. The Kier molecular flexibility index (Phi) is 5.07. The molecule has 2 fully saturated rings. The molecule has 1 aliphatic heterocycles. The van der Waals surface area contributed by atoms with Crippen LogP contribution in [0.3, 0.4) is 0 Å². The maximum atomic E-state index is 12.5. The fourth-order valence-corrected chi connectivity index (χ4v) is 3.26. The van der Waals surface area contributed by atoms with Crippen LogP contribution in [-0.4, -0.2) is 36.7 Å². The Morgan fingerprint density at radius 1 is 1.11 bits per heavy atom. The first-order valence-electron chi connectivity index (χ1n) is 8.36. The number of alkyl halides is 6. The molecule has 1 saturated carbocycles. The number of benzene rings is 1. The van der Waals surface area contributed by atoms with Crippen molar-refractivity contribution in [2.45, 2.75) is 43.9 Å². The normalized spacial score (nSPS) is 26.9. The molecule has 2 N–H and O–H groups in total. The van der Waals surface area contributed by atoms with Gasteiger partial charge in [-0.3, -0.25) is 4.79 Å². The maximum absolute atomic E-state index is 12.5. The lowest BCUT2D eigenvalue weighted by molar-refractivity contribution is -0.202. The molecule has 3 atom stereocenters. The van der Waals surface area contributed by atoms with Crippen LogP contribution in [0.4, 0.5) is 26.3 Å². The summed E-state index contributed by atoms with van der Waals surface area (Å²) < 4.78 is 78.8. The van der Waals surface area contributed by atoms with E-state index in [-0.39, 0.29) is 25.9 Å². The molecule has 1 aromatic carbocycles. The average Bonchev–Trinajstić information content (AvgIpc) is 3.06. The lowest BCUT2D eigenvalue weighted by atomic mass is 10.0. The predicted octanol–water partition coefficient (Wildman–Crippen LogP) is 2.55. The topological polar surface area (TPSA) is 67.4 Å². The molecule has 2 unspecified atom stereocenters. The van der Waals surface area contributed by atoms with Crippen LogP contribution >= 0.6 is 0 Å². The Bertz CT molecular complexity index is 762. The lowest BCUT2D eigenvalue weighted by Gasteiger charge is -2.13. The Hall–Kier alpha value is -2.30. The number of carbonyl (C=O) groups is 2. The van der Waals surface area contributed by atoms with Gasteiger partial charge in [0.25, 0.3) is 0 Å². The third-order valence-corrected chi connectivity index (χ3v) is 4.97. The SMILES string of the molecule is O=C(NCc1ccc(C(F)(F)F)cc1)[C@H]1CC2(CN1)CC2OC(=O)C(F)(F)F. The highest BCUT2D eigenvalue weighted by molar-refractivity contribution is 5.82. The quantitative estimate of drug-likeness (QED) is 0.592. The third kappa shape index (κ3) is 4.40. The average molecular weight is 410 g/mol. The molecule has 0 radical (unpaired) electrons. The van der Waals surface area contributed by atoms with Crippen molar-refractivity contribution < 1.29 is 40.7 Å². The Balaban J connectivity index is 1.47. The predicted molar refractivity (Wildman–Crippen MR) is 82.7 cm³/mol. The fourth-order valence-electron chi connectivity index (χ4n) is 3.26. The number of ether oxygens (including phenoxy) is 1. The van der Waals surface area contributed by atoms with Crippen LogP contribution in [-0.2, 0) is 27.0 Å². The number of amides is 1. The second-order valence-electron chi connectivity index (χ2n) is 7.01. The largest absolute Gasteiger partial charge is 0.490 e. The number of rotatable bonds is 4. The Morgan fingerprint density at radius 3 is 2.32 bits per heavy atom. The summed E-state index contributed by atoms with van der Waals surface area (Å²) in [5.41, 5.74) is -1.01. The minimum atomic E-state index is -5.06. The zero-order chi connectivity index (χ0) is 20.7. The van der Waals surface area contributed by atoms with Crippen molar-refractivity contribution in [3.05, 3.63) is 35.4 Å². The van der Waals surface area contributed by atoms with E-state index >= 15 is 0 Å². The van der Waals surface area contributed by atoms with Crippen molar-refractivity contribution in [2.75, 3.05) is 6.54 Å². The van der Waals surface area contributed by atoms with Gasteiger partial charge >= 0.3 is 18.3 Å².